The molecule has 9 nitrogen and oxygen atoms in total. The van der Waals surface area contributed by atoms with Crippen LogP contribution in [0.4, 0.5) is 5.82 Å². The molecule has 1 aromatic carbocycles. The first-order chi connectivity index (χ1) is 21.8. The zero-order valence-electron chi connectivity index (χ0n) is 30.3. The minimum absolute atomic E-state index is 0.113. The Kier molecular flexibility index (Phi) is 17.7. The Morgan fingerprint density at radius 3 is 2.17 bits per heavy atom. The molecule has 0 aliphatic rings. The molecule has 254 valence electrons. The van der Waals surface area contributed by atoms with Gasteiger partial charge in [-0.15, -0.1) is 0 Å². The van der Waals surface area contributed by atoms with Crippen LogP contribution in [0.5, 0.6) is 5.88 Å². The molecule has 0 bridgehead atoms. The number of hydrogen-bond donors (Lipinski definition) is 2. The molecule has 0 aliphatic carbocycles. The van der Waals surface area contributed by atoms with Crippen molar-refractivity contribution in [2.75, 3.05) is 14.2 Å². The number of methoxy groups -OCH3 is 1. The van der Waals surface area contributed by atoms with Gasteiger partial charge in [-0.25, -0.2) is 4.99 Å². The molecule has 0 aliphatic heterocycles. The number of benzene rings is 1. The fourth-order valence-electron chi connectivity index (χ4n) is 4.64. The van der Waals surface area contributed by atoms with Gasteiger partial charge < -0.3 is 15.2 Å². The molecular formula is C37H58N6O3. The molecule has 2 aromatic heterocycles. The van der Waals surface area contributed by atoms with E-state index >= 15 is 0 Å². The van der Waals surface area contributed by atoms with Gasteiger partial charge in [0.2, 0.25) is 5.88 Å². The van der Waals surface area contributed by atoms with Crippen LogP contribution >= 0.6 is 0 Å². The number of nitrogens with one attached hydrogen (secondary N) is 1. The summed E-state index contributed by atoms with van der Waals surface area (Å²) in [5.74, 6) is 1.52. The number of aromatic nitrogens is 3. The van der Waals surface area contributed by atoms with Gasteiger partial charge in [0.25, 0.3) is 5.91 Å². The van der Waals surface area contributed by atoms with Crippen LogP contribution in [0.15, 0.2) is 58.6 Å². The van der Waals surface area contributed by atoms with Gasteiger partial charge in [0.1, 0.15) is 17.1 Å². The van der Waals surface area contributed by atoms with E-state index in [-0.39, 0.29) is 23.3 Å². The van der Waals surface area contributed by atoms with Crippen LogP contribution in [0.1, 0.15) is 115 Å². The highest BCUT2D eigenvalue weighted by atomic mass is 16.5. The number of rotatable bonds is 11. The first kappa shape index (κ1) is 40.2. The largest absolute Gasteiger partial charge is 0.480 e. The maximum absolute atomic E-state index is 13.3. The minimum atomic E-state index is -1.59. The third kappa shape index (κ3) is 11.5. The average molecular weight is 635 g/mol. The Morgan fingerprint density at radius 1 is 1.07 bits per heavy atom. The van der Waals surface area contributed by atoms with Crippen molar-refractivity contribution in [1.29, 1.82) is 0 Å². The van der Waals surface area contributed by atoms with Crippen molar-refractivity contribution in [2.45, 2.75) is 100 Å². The van der Waals surface area contributed by atoms with Crippen LogP contribution in [0.2, 0.25) is 0 Å². The lowest BCUT2D eigenvalue weighted by Gasteiger charge is -2.27. The number of hydrogen-bond acceptors (Lipinski definition) is 7. The molecule has 0 saturated heterocycles. The summed E-state index contributed by atoms with van der Waals surface area (Å²) < 4.78 is 7.14. The fourth-order valence-corrected chi connectivity index (χ4v) is 4.64. The van der Waals surface area contributed by atoms with Gasteiger partial charge in [-0.05, 0) is 49.4 Å². The van der Waals surface area contributed by atoms with Gasteiger partial charge in [-0.3, -0.25) is 14.5 Å². The summed E-state index contributed by atoms with van der Waals surface area (Å²) in [6, 6.07) is 12.7. The summed E-state index contributed by atoms with van der Waals surface area (Å²) >= 11 is 0. The predicted molar refractivity (Wildman–Crippen MR) is 192 cm³/mol. The van der Waals surface area contributed by atoms with Crippen molar-refractivity contribution in [2.24, 2.45) is 28.9 Å². The zero-order valence-corrected chi connectivity index (χ0v) is 30.3. The molecule has 2 atom stereocenters. The van der Waals surface area contributed by atoms with Gasteiger partial charge in [0.15, 0.2) is 11.4 Å². The molecule has 46 heavy (non-hydrogen) atoms. The lowest BCUT2D eigenvalue weighted by atomic mass is 9.86. The second-order valence-corrected chi connectivity index (χ2v) is 12.0. The highest BCUT2D eigenvalue weighted by Gasteiger charge is 2.37. The zero-order chi connectivity index (χ0) is 34.9. The van der Waals surface area contributed by atoms with Crippen LogP contribution in [0, 0.1) is 18.8 Å². The van der Waals surface area contributed by atoms with Crippen LogP contribution in [-0.2, 0) is 12.6 Å². The maximum Gasteiger partial charge on any atom is 0.262 e. The number of amidine groups is 1. The van der Waals surface area contributed by atoms with E-state index in [1.54, 1.807) is 44.0 Å². The molecule has 3 rings (SSSR count). The summed E-state index contributed by atoms with van der Waals surface area (Å²) in [5.41, 5.74) is 0.805. The predicted octanol–water partition coefficient (Wildman–Crippen LogP) is 8.21. The van der Waals surface area contributed by atoms with Crippen LogP contribution in [0.3, 0.4) is 0 Å². The molecule has 2 N–H and O–H groups in total. The van der Waals surface area contributed by atoms with Crippen LogP contribution in [-0.4, -0.2) is 51.5 Å². The molecule has 2 unspecified atom stereocenters. The molecule has 1 amide bonds. The Balaban J connectivity index is 0.00000163. The van der Waals surface area contributed by atoms with Crippen molar-refractivity contribution in [3.8, 4) is 5.88 Å². The van der Waals surface area contributed by atoms with Crippen molar-refractivity contribution in [1.82, 2.24) is 20.1 Å². The third-order valence-corrected chi connectivity index (χ3v) is 7.03. The van der Waals surface area contributed by atoms with Crippen molar-refractivity contribution >= 4 is 23.3 Å². The van der Waals surface area contributed by atoms with Crippen molar-refractivity contribution in [3.05, 3.63) is 71.0 Å². The van der Waals surface area contributed by atoms with E-state index in [2.05, 4.69) is 68.9 Å². The second-order valence-electron chi connectivity index (χ2n) is 12.0. The molecule has 9 heteroatoms. The Morgan fingerprint density at radius 2 is 1.67 bits per heavy atom. The SMILES string of the molecule is CCC.CCC.CN=C(NC(=O)c1cc(C)c(N=C(C)C(O)(c2ccccc2)c2ccn(C)n2)nc1OC)C(C)CCCC(C)C. The number of aliphatic imine (C=N–C) groups is 2. The lowest BCUT2D eigenvalue weighted by Crippen LogP contribution is -2.36. The number of aliphatic hydroxyl groups is 1. The summed E-state index contributed by atoms with van der Waals surface area (Å²) in [6.07, 6.45) is 7.41. The van der Waals surface area contributed by atoms with E-state index in [9.17, 15) is 9.90 Å². The highest BCUT2D eigenvalue weighted by molar-refractivity contribution is 6.08. The number of ether oxygens (including phenoxy) is 1. The van der Waals surface area contributed by atoms with Gasteiger partial charge >= 0.3 is 0 Å². The van der Waals surface area contributed by atoms with E-state index in [4.69, 9.17) is 9.73 Å². The standard InChI is InChI=1S/C31H42N6O3.2C3H8/c1-20(2)13-12-14-21(3)27(32-6)34-29(38)25-19-22(4)28(35-30(25)40-8)33-23(5)31(39,24-15-10-9-11-16-24)26-17-18-37(7)36-26;2*1-3-2/h9-11,15-21,39H,12-14H2,1-8H3,(H,32,34,38);2*3H2,1-2H3. The number of carbonyl (C=O) groups excluding carboxylic acids is 1. The van der Waals surface area contributed by atoms with E-state index < -0.39 is 5.60 Å². The molecule has 0 radical (unpaired) electrons. The molecule has 0 fully saturated rings. The summed E-state index contributed by atoms with van der Waals surface area (Å²) in [4.78, 5) is 26.9. The first-order valence-electron chi connectivity index (χ1n) is 16.5. The van der Waals surface area contributed by atoms with Gasteiger partial charge in [-0.2, -0.15) is 10.1 Å². The van der Waals surface area contributed by atoms with E-state index in [1.165, 1.54) is 20.0 Å². The Bertz CT molecular complexity index is 1400. The summed E-state index contributed by atoms with van der Waals surface area (Å²) in [5, 5.41) is 19.4. The number of carbonyl (C=O) groups is 1. The quantitative estimate of drug-likeness (QED) is 0.163. The highest BCUT2D eigenvalue weighted by Crippen LogP contribution is 2.33. The minimum Gasteiger partial charge on any atom is -0.480 e. The maximum atomic E-state index is 13.3. The van der Waals surface area contributed by atoms with E-state index in [0.717, 1.165) is 19.3 Å². The monoisotopic (exact) mass is 634 g/mol. The number of aryl methyl sites for hydroxylation is 2. The van der Waals surface area contributed by atoms with Crippen LogP contribution in [0.25, 0.3) is 0 Å². The number of nitrogens with zero attached hydrogens (tertiary/aromatic N) is 5. The number of amides is 1. The van der Waals surface area contributed by atoms with Gasteiger partial charge in [0, 0.05) is 26.2 Å². The first-order valence-corrected chi connectivity index (χ1v) is 16.5. The van der Waals surface area contributed by atoms with E-state index in [0.29, 0.717) is 40.1 Å². The normalized spacial score (nSPS) is 13.5. The Hall–Kier alpha value is -3.85. The molecule has 3 aromatic rings. The molecular weight excluding hydrogens is 576 g/mol. The third-order valence-electron chi connectivity index (χ3n) is 7.03. The van der Waals surface area contributed by atoms with Crippen molar-refractivity contribution in [3.63, 3.8) is 0 Å². The topological polar surface area (TPSA) is 114 Å². The summed E-state index contributed by atoms with van der Waals surface area (Å²) in [7, 11) is 4.94. The van der Waals surface area contributed by atoms with Crippen LogP contribution < -0.4 is 10.1 Å². The smallest absolute Gasteiger partial charge is 0.262 e. The van der Waals surface area contributed by atoms with Gasteiger partial charge in [0.05, 0.1) is 12.8 Å². The van der Waals surface area contributed by atoms with Crippen molar-refractivity contribution < 1.29 is 14.6 Å². The molecule has 0 saturated carbocycles. The van der Waals surface area contributed by atoms with Gasteiger partial charge in [-0.1, -0.05) is 104 Å². The number of pyridine rings is 1. The average Bonchev–Trinajstić information content (AvgIpc) is 3.47. The van der Waals surface area contributed by atoms with E-state index in [1.807, 2.05) is 37.3 Å². The second kappa shape index (κ2) is 20.3. The molecule has 0 spiro atoms. The lowest BCUT2D eigenvalue weighted by molar-refractivity contribution is 0.0971. The summed E-state index contributed by atoms with van der Waals surface area (Å²) in [6.45, 7) is 18.5. The fraction of sp³-hybridized carbons (Fsp3) is 0.541. The Labute approximate surface area is 277 Å². The molecule has 2 heterocycles.